The molecule has 1 N–H and O–H groups in total. The number of carbonyl (C=O) groups is 2. The van der Waals surface area contributed by atoms with E-state index in [2.05, 4.69) is 26.1 Å². The zero-order chi connectivity index (χ0) is 20.7. The minimum Gasteiger partial charge on any atom is -0.322 e. The molecule has 0 saturated heterocycles. The Morgan fingerprint density at radius 3 is 2.14 bits per heavy atom. The van der Waals surface area contributed by atoms with Gasteiger partial charge in [-0.1, -0.05) is 53.7 Å². The van der Waals surface area contributed by atoms with Gasteiger partial charge in [-0.15, -0.1) is 0 Å². The molecule has 28 heavy (non-hydrogen) atoms. The highest BCUT2D eigenvalue weighted by Gasteiger charge is 2.32. The van der Waals surface area contributed by atoms with Crippen LogP contribution in [-0.4, -0.2) is 18.4 Å². The summed E-state index contributed by atoms with van der Waals surface area (Å²) in [6, 6.07) is 13.5. The van der Waals surface area contributed by atoms with E-state index in [9.17, 15) is 9.59 Å². The molecule has 0 radical (unpaired) electrons. The lowest BCUT2D eigenvalue weighted by molar-refractivity contribution is -0.125. The molecular formula is C24H30N2O2. The highest BCUT2D eigenvalue weighted by atomic mass is 16.2. The molecule has 2 aromatic carbocycles. The van der Waals surface area contributed by atoms with Crippen LogP contribution in [0.3, 0.4) is 0 Å². The number of nitrogens with zero attached hydrogens (tertiary/aromatic N) is 1. The molecule has 1 aliphatic heterocycles. The summed E-state index contributed by atoms with van der Waals surface area (Å²) >= 11 is 0. The van der Waals surface area contributed by atoms with Crippen LogP contribution in [0.4, 0.5) is 11.4 Å². The SMILES string of the molecule is CC(C)(C)C(=O)N1CCc2cc(NC(=O)c3ccc(C(C)(C)C)cc3)ccc21. The molecule has 0 aromatic heterocycles. The van der Waals surface area contributed by atoms with E-state index in [0.717, 1.165) is 23.4 Å². The Kier molecular flexibility index (Phi) is 5.09. The van der Waals surface area contributed by atoms with Crippen LogP contribution in [0, 0.1) is 5.41 Å². The topological polar surface area (TPSA) is 49.4 Å². The van der Waals surface area contributed by atoms with Crippen molar-refractivity contribution in [2.45, 2.75) is 53.4 Å². The number of carbonyl (C=O) groups excluding carboxylic acids is 2. The number of hydrogen-bond acceptors (Lipinski definition) is 2. The molecule has 148 valence electrons. The van der Waals surface area contributed by atoms with Gasteiger partial charge in [0.2, 0.25) is 5.91 Å². The molecule has 0 atom stereocenters. The number of benzene rings is 2. The van der Waals surface area contributed by atoms with Crippen LogP contribution in [0.1, 0.15) is 63.0 Å². The third-order valence-corrected chi connectivity index (χ3v) is 5.13. The fourth-order valence-electron chi connectivity index (χ4n) is 3.42. The maximum Gasteiger partial charge on any atom is 0.255 e. The first kappa shape index (κ1) is 20.1. The minimum absolute atomic E-state index is 0.0609. The Labute approximate surface area is 167 Å². The standard InChI is InChI=1S/C24H30N2O2/c1-23(2,3)18-9-7-16(8-10-18)21(27)25-19-11-12-20-17(15-19)13-14-26(20)22(28)24(4,5)6/h7-12,15H,13-14H2,1-6H3,(H,25,27). The molecule has 2 aromatic rings. The second-order valence-electron chi connectivity index (χ2n) is 9.58. The molecule has 1 aliphatic rings. The monoisotopic (exact) mass is 378 g/mol. The Morgan fingerprint density at radius 2 is 1.57 bits per heavy atom. The highest BCUT2D eigenvalue weighted by molar-refractivity contribution is 6.05. The van der Waals surface area contributed by atoms with Crippen molar-refractivity contribution in [2.24, 2.45) is 5.41 Å². The van der Waals surface area contributed by atoms with Gasteiger partial charge in [0.15, 0.2) is 0 Å². The van der Waals surface area contributed by atoms with Crippen molar-refractivity contribution < 1.29 is 9.59 Å². The summed E-state index contributed by atoms with van der Waals surface area (Å²) in [5.74, 6) is 0.00278. The van der Waals surface area contributed by atoms with Crippen molar-refractivity contribution in [3.05, 3.63) is 59.2 Å². The van der Waals surface area contributed by atoms with E-state index in [-0.39, 0.29) is 17.2 Å². The van der Waals surface area contributed by atoms with Gasteiger partial charge in [-0.05, 0) is 53.3 Å². The third-order valence-electron chi connectivity index (χ3n) is 5.13. The van der Waals surface area contributed by atoms with E-state index >= 15 is 0 Å². The van der Waals surface area contributed by atoms with Gasteiger partial charge in [0.1, 0.15) is 0 Å². The quantitative estimate of drug-likeness (QED) is 0.783. The Balaban J connectivity index is 1.74. The van der Waals surface area contributed by atoms with E-state index in [4.69, 9.17) is 0 Å². The number of amides is 2. The lowest BCUT2D eigenvalue weighted by Gasteiger charge is -2.26. The largest absolute Gasteiger partial charge is 0.322 e. The number of anilines is 2. The number of rotatable bonds is 2. The number of hydrogen-bond donors (Lipinski definition) is 1. The summed E-state index contributed by atoms with van der Waals surface area (Å²) in [5.41, 5.74) is 4.29. The van der Waals surface area contributed by atoms with Crippen LogP contribution in [0.5, 0.6) is 0 Å². The normalized spacial score (nSPS) is 14.0. The van der Waals surface area contributed by atoms with Gasteiger partial charge < -0.3 is 10.2 Å². The van der Waals surface area contributed by atoms with E-state index in [1.54, 1.807) is 0 Å². The van der Waals surface area contributed by atoms with Gasteiger partial charge in [-0.25, -0.2) is 0 Å². The van der Waals surface area contributed by atoms with E-state index in [1.807, 2.05) is 68.1 Å². The summed E-state index contributed by atoms with van der Waals surface area (Å²) in [7, 11) is 0. The molecule has 0 unspecified atom stereocenters. The first-order valence-corrected chi connectivity index (χ1v) is 9.83. The predicted molar refractivity (Wildman–Crippen MR) is 115 cm³/mol. The van der Waals surface area contributed by atoms with Crippen LogP contribution in [0.25, 0.3) is 0 Å². The summed E-state index contributed by atoms with van der Waals surface area (Å²) in [4.78, 5) is 27.1. The van der Waals surface area contributed by atoms with Crippen molar-refractivity contribution in [3.63, 3.8) is 0 Å². The predicted octanol–water partition coefficient (Wildman–Crippen LogP) is 5.17. The molecule has 0 aliphatic carbocycles. The average molecular weight is 379 g/mol. The molecule has 3 rings (SSSR count). The molecule has 0 saturated carbocycles. The highest BCUT2D eigenvalue weighted by Crippen LogP contribution is 2.33. The molecule has 1 heterocycles. The second kappa shape index (κ2) is 7.08. The Hall–Kier alpha value is -2.62. The lowest BCUT2D eigenvalue weighted by Crippen LogP contribution is -2.38. The molecule has 0 spiro atoms. The number of fused-ring (bicyclic) bond motifs is 1. The van der Waals surface area contributed by atoms with Gasteiger partial charge in [-0.2, -0.15) is 0 Å². The maximum absolute atomic E-state index is 12.6. The van der Waals surface area contributed by atoms with Gasteiger partial charge in [0, 0.05) is 28.9 Å². The van der Waals surface area contributed by atoms with Gasteiger partial charge >= 0.3 is 0 Å². The summed E-state index contributed by atoms with van der Waals surface area (Å²) in [5, 5.41) is 2.98. The molecular weight excluding hydrogens is 348 g/mol. The van der Waals surface area contributed by atoms with Crippen molar-refractivity contribution in [1.82, 2.24) is 0 Å². The van der Waals surface area contributed by atoms with Crippen LogP contribution in [0.15, 0.2) is 42.5 Å². The first-order valence-electron chi connectivity index (χ1n) is 9.83. The van der Waals surface area contributed by atoms with E-state index in [0.29, 0.717) is 12.1 Å². The van der Waals surface area contributed by atoms with Crippen molar-refractivity contribution >= 4 is 23.2 Å². The van der Waals surface area contributed by atoms with Gasteiger partial charge in [0.05, 0.1) is 0 Å². The van der Waals surface area contributed by atoms with Crippen molar-refractivity contribution in [1.29, 1.82) is 0 Å². The van der Waals surface area contributed by atoms with Crippen LogP contribution < -0.4 is 10.2 Å². The fourth-order valence-corrected chi connectivity index (χ4v) is 3.42. The van der Waals surface area contributed by atoms with E-state index in [1.165, 1.54) is 5.56 Å². The summed E-state index contributed by atoms with van der Waals surface area (Å²) in [6.45, 7) is 13.0. The van der Waals surface area contributed by atoms with Gasteiger partial charge in [0.25, 0.3) is 5.91 Å². The maximum atomic E-state index is 12.6. The van der Waals surface area contributed by atoms with Crippen LogP contribution in [0.2, 0.25) is 0 Å². The minimum atomic E-state index is -0.409. The Morgan fingerprint density at radius 1 is 0.929 bits per heavy atom. The van der Waals surface area contributed by atoms with Crippen molar-refractivity contribution in [2.75, 3.05) is 16.8 Å². The number of nitrogens with one attached hydrogen (secondary N) is 1. The smallest absolute Gasteiger partial charge is 0.255 e. The van der Waals surface area contributed by atoms with Crippen LogP contribution in [-0.2, 0) is 16.6 Å². The van der Waals surface area contributed by atoms with Crippen LogP contribution >= 0.6 is 0 Å². The lowest BCUT2D eigenvalue weighted by atomic mass is 9.87. The zero-order valence-electron chi connectivity index (χ0n) is 17.7. The van der Waals surface area contributed by atoms with E-state index < -0.39 is 5.41 Å². The molecule has 0 fully saturated rings. The molecule has 0 bridgehead atoms. The van der Waals surface area contributed by atoms with Crippen molar-refractivity contribution in [3.8, 4) is 0 Å². The molecule has 2 amide bonds. The first-order chi connectivity index (χ1) is 13.0. The second-order valence-corrected chi connectivity index (χ2v) is 9.58. The average Bonchev–Trinajstić information content (AvgIpc) is 3.02. The fraction of sp³-hybridized carbons (Fsp3) is 0.417. The van der Waals surface area contributed by atoms with Gasteiger partial charge in [-0.3, -0.25) is 9.59 Å². The Bertz CT molecular complexity index is 900. The third kappa shape index (κ3) is 4.11. The zero-order valence-corrected chi connectivity index (χ0v) is 17.7. The summed E-state index contributed by atoms with van der Waals surface area (Å²) in [6.07, 6.45) is 0.807. The molecule has 4 heteroatoms. The summed E-state index contributed by atoms with van der Waals surface area (Å²) < 4.78 is 0. The molecule has 4 nitrogen and oxygen atoms in total.